The molecule has 0 spiro atoms. The van der Waals surface area contributed by atoms with Crippen LogP contribution in [0.2, 0.25) is 10.0 Å². The minimum absolute atomic E-state index is 0.147. The van der Waals surface area contributed by atoms with Gasteiger partial charge in [0.05, 0.1) is 5.60 Å². The third-order valence-corrected chi connectivity index (χ3v) is 7.08. The number of nitrogens with two attached hydrogens (primary N) is 1. The molecule has 3 rings (SSSR count). The van der Waals surface area contributed by atoms with Crippen molar-refractivity contribution in [2.75, 3.05) is 0 Å². The Labute approximate surface area is 179 Å². The fraction of sp³-hybridized carbons (Fsp3) is 0.500. The van der Waals surface area contributed by atoms with Crippen LogP contribution in [0.15, 0.2) is 48.5 Å². The summed E-state index contributed by atoms with van der Waals surface area (Å²) in [4.78, 5) is 0. The zero-order chi connectivity index (χ0) is 20.3. The summed E-state index contributed by atoms with van der Waals surface area (Å²) in [6, 6.07) is 16.6. The smallest absolute Gasteiger partial charge is 0.118 e. The molecule has 0 bridgehead atoms. The molecule has 2 aromatic carbocycles. The lowest BCUT2D eigenvalue weighted by Crippen LogP contribution is -2.93. The summed E-state index contributed by atoms with van der Waals surface area (Å²) < 4.78 is 0. The Balaban J connectivity index is 2.06. The van der Waals surface area contributed by atoms with Crippen molar-refractivity contribution in [2.45, 2.75) is 64.1 Å². The van der Waals surface area contributed by atoms with Crippen molar-refractivity contribution in [3.8, 4) is 0 Å². The van der Waals surface area contributed by atoms with Gasteiger partial charge in [0.25, 0.3) is 0 Å². The van der Waals surface area contributed by atoms with E-state index in [2.05, 4.69) is 50.4 Å². The Morgan fingerprint density at radius 2 is 1.36 bits per heavy atom. The lowest BCUT2D eigenvalue weighted by Gasteiger charge is -2.51. The summed E-state index contributed by atoms with van der Waals surface area (Å²) in [6.07, 6.45) is 3.87. The van der Waals surface area contributed by atoms with Crippen LogP contribution in [0, 0.1) is 11.8 Å². The molecule has 28 heavy (non-hydrogen) atoms. The van der Waals surface area contributed by atoms with E-state index in [9.17, 15) is 5.11 Å². The lowest BCUT2D eigenvalue weighted by molar-refractivity contribution is -0.765. The zero-order valence-electron chi connectivity index (χ0n) is 17.0. The molecule has 4 heteroatoms. The average Bonchev–Trinajstić information content (AvgIpc) is 2.68. The average molecular weight is 421 g/mol. The molecule has 0 amide bonds. The first kappa shape index (κ1) is 21.6. The molecular formula is C24H32Cl2NO+. The molecule has 0 saturated carbocycles. The van der Waals surface area contributed by atoms with Gasteiger partial charge in [-0.25, -0.2) is 0 Å². The highest BCUT2D eigenvalue weighted by molar-refractivity contribution is 6.30. The van der Waals surface area contributed by atoms with Crippen LogP contribution >= 0.6 is 23.2 Å². The minimum atomic E-state index is -0.700. The third-order valence-electron chi connectivity index (χ3n) is 6.58. The molecule has 0 unspecified atom stereocenters. The minimum Gasteiger partial charge on any atom is -0.389 e. The molecule has 1 aliphatic heterocycles. The first-order valence-electron chi connectivity index (χ1n) is 10.5. The van der Waals surface area contributed by atoms with E-state index in [-0.39, 0.29) is 23.9 Å². The van der Waals surface area contributed by atoms with Gasteiger partial charge in [-0.15, -0.1) is 0 Å². The predicted molar refractivity (Wildman–Crippen MR) is 118 cm³/mol. The topological polar surface area (TPSA) is 36.8 Å². The molecule has 1 fully saturated rings. The van der Waals surface area contributed by atoms with E-state index in [1.54, 1.807) is 0 Å². The van der Waals surface area contributed by atoms with Gasteiger partial charge in [0.2, 0.25) is 0 Å². The summed E-state index contributed by atoms with van der Waals surface area (Å²) in [5.74, 6) is 0.353. The van der Waals surface area contributed by atoms with Gasteiger partial charge in [0.1, 0.15) is 12.1 Å². The van der Waals surface area contributed by atoms with Crippen molar-refractivity contribution >= 4 is 23.2 Å². The van der Waals surface area contributed by atoms with E-state index >= 15 is 0 Å². The Kier molecular flexibility index (Phi) is 7.09. The van der Waals surface area contributed by atoms with E-state index in [1.807, 2.05) is 24.3 Å². The standard InChI is InChI=1S/C24H31Cl2NO/c1-4-6-21-23(18-9-13-20(26)14-10-18)27-22(16(3)24(21,28)15-5-2)17-7-11-19(25)12-8-17/h7-14,16,21-23,27-28H,4-6,15H2,1-3H3/p+1/t16-,21+,22-,23-,24+/m0/s1. The molecule has 152 valence electrons. The Morgan fingerprint density at radius 1 is 0.857 bits per heavy atom. The summed E-state index contributed by atoms with van der Waals surface area (Å²) >= 11 is 12.3. The molecule has 1 aliphatic rings. The van der Waals surface area contributed by atoms with Crippen molar-refractivity contribution in [2.24, 2.45) is 11.8 Å². The highest BCUT2D eigenvalue weighted by atomic mass is 35.5. The van der Waals surface area contributed by atoms with Gasteiger partial charge < -0.3 is 10.4 Å². The second-order valence-electron chi connectivity index (χ2n) is 8.27. The summed E-state index contributed by atoms with van der Waals surface area (Å²) in [5.41, 5.74) is 1.76. The van der Waals surface area contributed by atoms with Gasteiger partial charge in [-0.2, -0.15) is 0 Å². The fourth-order valence-electron chi connectivity index (χ4n) is 5.15. The van der Waals surface area contributed by atoms with Gasteiger partial charge in [-0.3, -0.25) is 0 Å². The maximum atomic E-state index is 12.0. The van der Waals surface area contributed by atoms with Crippen molar-refractivity contribution in [3.05, 3.63) is 69.7 Å². The van der Waals surface area contributed by atoms with Gasteiger partial charge in [-0.1, -0.05) is 81.1 Å². The summed E-state index contributed by atoms with van der Waals surface area (Å²) in [7, 11) is 0. The molecule has 0 aromatic heterocycles. The molecule has 2 aromatic rings. The number of hydrogen-bond acceptors (Lipinski definition) is 1. The van der Waals surface area contributed by atoms with Crippen LogP contribution in [0.5, 0.6) is 0 Å². The van der Waals surface area contributed by atoms with Crippen molar-refractivity contribution < 1.29 is 10.4 Å². The van der Waals surface area contributed by atoms with Crippen molar-refractivity contribution in [1.82, 2.24) is 0 Å². The summed E-state index contributed by atoms with van der Waals surface area (Å²) in [6.45, 7) is 6.59. The normalized spacial score (nSPS) is 30.4. The first-order valence-corrected chi connectivity index (χ1v) is 11.2. The van der Waals surface area contributed by atoms with Gasteiger partial charge >= 0.3 is 0 Å². The van der Waals surface area contributed by atoms with Crippen LogP contribution in [0.1, 0.15) is 69.7 Å². The van der Waals surface area contributed by atoms with Gasteiger partial charge in [-0.05, 0) is 37.1 Å². The number of quaternary nitrogens is 1. The zero-order valence-corrected chi connectivity index (χ0v) is 18.5. The van der Waals surface area contributed by atoms with Crippen LogP contribution in [0.4, 0.5) is 0 Å². The Morgan fingerprint density at radius 3 is 1.82 bits per heavy atom. The number of halogens is 2. The predicted octanol–water partition coefficient (Wildman–Crippen LogP) is 5.94. The van der Waals surface area contributed by atoms with Gasteiger partial charge in [0.15, 0.2) is 0 Å². The first-order chi connectivity index (χ1) is 13.4. The molecule has 5 atom stereocenters. The summed E-state index contributed by atoms with van der Waals surface area (Å²) in [5, 5.41) is 16.0. The van der Waals surface area contributed by atoms with Crippen LogP contribution in [0.3, 0.4) is 0 Å². The number of rotatable bonds is 6. The number of aliphatic hydroxyl groups is 1. The van der Waals surface area contributed by atoms with E-state index in [1.165, 1.54) is 11.1 Å². The van der Waals surface area contributed by atoms with Crippen molar-refractivity contribution in [3.63, 3.8) is 0 Å². The molecule has 2 nitrogen and oxygen atoms in total. The van der Waals surface area contributed by atoms with E-state index < -0.39 is 5.60 Å². The molecule has 1 heterocycles. The highest BCUT2D eigenvalue weighted by Gasteiger charge is 2.54. The number of benzene rings is 2. The fourth-order valence-corrected chi connectivity index (χ4v) is 5.40. The molecule has 3 N–H and O–H groups in total. The van der Waals surface area contributed by atoms with E-state index in [0.717, 1.165) is 35.7 Å². The van der Waals surface area contributed by atoms with E-state index in [0.29, 0.717) is 0 Å². The largest absolute Gasteiger partial charge is 0.389 e. The monoisotopic (exact) mass is 420 g/mol. The van der Waals surface area contributed by atoms with Crippen LogP contribution in [-0.2, 0) is 0 Å². The Bertz CT molecular complexity index is 761. The third kappa shape index (κ3) is 4.26. The second kappa shape index (κ2) is 9.17. The lowest BCUT2D eigenvalue weighted by atomic mass is 9.62. The molecule has 0 radical (unpaired) electrons. The number of piperidine rings is 1. The maximum Gasteiger partial charge on any atom is 0.118 e. The Hall–Kier alpha value is -1.06. The maximum absolute atomic E-state index is 12.0. The van der Waals surface area contributed by atoms with Crippen LogP contribution in [0.25, 0.3) is 0 Å². The van der Waals surface area contributed by atoms with E-state index in [4.69, 9.17) is 23.2 Å². The molecule has 0 aliphatic carbocycles. The number of hydrogen-bond donors (Lipinski definition) is 2. The second-order valence-corrected chi connectivity index (χ2v) is 9.15. The van der Waals surface area contributed by atoms with Gasteiger partial charge in [0, 0.05) is 33.0 Å². The van der Waals surface area contributed by atoms with Crippen LogP contribution < -0.4 is 5.32 Å². The quantitative estimate of drug-likeness (QED) is 0.595. The highest BCUT2D eigenvalue weighted by Crippen LogP contribution is 2.47. The molecule has 1 saturated heterocycles. The van der Waals surface area contributed by atoms with Crippen LogP contribution in [-0.4, -0.2) is 10.7 Å². The SMILES string of the molecule is CCC[C@@H]1[C@H](c2ccc(Cl)cc2)[NH2+][C@H](c2ccc(Cl)cc2)[C@H](C)[C@]1(O)CCC. The molecular weight excluding hydrogens is 389 g/mol. The van der Waals surface area contributed by atoms with Crippen molar-refractivity contribution in [1.29, 1.82) is 0 Å².